The third-order valence-corrected chi connectivity index (χ3v) is 5.95. The molecule has 0 radical (unpaired) electrons. The molecular formula is C23H29N3O4. The number of nitrogens with zero attached hydrogens (tertiary/aromatic N) is 3. The minimum Gasteiger partial charge on any atom is -0.486 e. The van der Waals surface area contributed by atoms with Gasteiger partial charge in [0.25, 0.3) is 0 Å². The summed E-state index contributed by atoms with van der Waals surface area (Å²) in [6.45, 7) is 6.08. The van der Waals surface area contributed by atoms with Crippen LogP contribution in [0.5, 0.6) is 11.5 Å². The lowest BCUT2D eigenvalue weighted by molar-refractivity contribution is -0.133. The van der Waals surface area contributed by atoms with Crippen LogP contribution in [0, 0.1) is 13.8 Å². The fraction of sp³-hybridized carbons (Fsp3) is 0.478. The number of hydrogen-bond donors (Lipinski definition) is 0. The minimum absolute atomic E-state index is 0.0466. The number of aromatic nitrogens is 1. The first-order chi connectivity index (χ1) is 14.4. The lowest BCUT2D eigenvalue weighted by Crippen LogP contribution is -2.44. The van der Waals surface area contributed by atoms with Gasteiger partial charge in [-0.25, -0.2) is 0 Å². The third-order valence-electron chi connectivity index (χ3n) is 5.95. The van der Waals surface area contributed by atoms with E-state index in [9.17, 15) is 9.59 Å². The SMILES string of the molecule is Cc1cc(C(=O)CN2CCCC2C(=O)N(C)C)c(C)n1-c1ccc2c(c1)OCCO2. The number of fused-ring (bicyclic) bond motifs is 1. The Morgan fingerprint density at radius 2 is 1.83 bits per heavy atom. The maximum absolute atomic E-state index is 13.2. The van der Waals surface area contributed by atoms with E-state index < -0.39 is 0 Å². The normalized spacial score (nSPS) is 18.5. The van der Waals surface area contributed by atoms with Crippen molar-refractivity contribution in [3.8, 4) is 17.2 Å². The van der Waals surface area contributed by atoms with Crippen molar-refractivity contribution in [2.45, 2.75) is 32.7 Å². The number of benzene rings is 1. The smallest absolute Gasteiger partial charge is 0.239 e. The number of ketones is 1. The van der Waals surface area contributed by atoms with Gasteiger partial charge in [0.05, 0.1) is 12.6 Å². The zero-order valence-electron chi connectivity index (χ0n) is 18.1. The van der Waals surface area contributed by atoms with Gasteiger partial charge >= 0.3 is 0 Å². The second-order valence-electron chi connectivity index (χ2n) is 8.23. The molecule has 2 aliphatic rings. The number of likely N-dealkylation sites (tertiary alicyclic amines) is 1. The molecule has 0 N–H and O–H groups in total. The zero-order valence-corrected chi connectivity index (χ0v) is 18.1. The Balaban J connectivity index is 1.58. The van der Waals surface area contributed by atoms with Crippen LogP contribution in [-0.4, -0.2) is 72.5 Å². The van der Waals surface area contributed by atoms with Crippen LogP contribution in [0.3, 0.4) is 0 Å². The number of rotatable bonds is 5. The summed E-state index contributed by atoms with van der Waals surface area (Å²) < 4.78 is 13.4. The van der Waals surface area contributed by atoms with E-state index in [4.69, 9.17) is 9.47 Å². The van der Waals surface area contributed by atoms with Crippen LogP contribution in [0.15, 0.2) is 24.3 Å². The lowest BCUT2D eigenvalue weighted by atomic mass is 10.1. The highest BCUT2D eigenvalue weighted by molar-refractivity contribution is 5.99. The van der Waals surface area contributed by atoms with E-state index in [1.807, 2.05) is 43.0 Å². The fourth-order valence-corrected chi connectivity index (χ4v) is 4.48. The Labute approximate surface area is 177 Å². The number of Topliss-reactive ketones (excluding diaryl/α,β-unsaturated/α-hetero) is 1. The van der Waals surface area contributed by atoms with Crippen LogP contribution in [0.2, 0.25) is 0 Å². The number of likely N-dealkylation sites (N-methyl/N-ethyl adjacent to an activating group) is 1. The van der Waals surface area contributed by atoms with Gasteiger partial charge in [-0.3, -0.25) is 14.5 Å². The summed E-state index contributed by atoms with van der Waals surface area (Å²) >= 11 is 0. The van der Waals surface area contributed by atoms with E-state index in [1.54, 1.807) is 19.0 Å². The van der Waals surface area contributed by atoms with E-state index in [0.29, 0.717) is 18.8 Å². The van der Waals surface area contributed by atoms with Gasteiger partial charge in [0.15, 0.2) is 17.3 Å². The van der Waals surface area contributed by atoms with Crippen molar-refractivity contribution in [2.75, 3.05) is 40.4 Å². The highest BCUT2D eigenvalue weighted by atomic mass is 16.6. The molecule has 1 unspecified atom stereocenters. The van der Waals surface area contributed by atoms with E-state index in [2.05, 4.69) is 4.57 Å². The molecule has 1 amide bonds. The molecule has 0 aliphatic carbocycles. The monoisotopic (exact) mass is 411 g/mol. The third kappa shape index (κ3) is 3.69. The van der Waals surface area contributed by atoms with Crippen LogP contribution in [0.25, 0.3) is 5.69 Å². The minimum atomic E-state index is -0.203. The Hall–Kier alpha value is -2.80. The number of ether oxygens (including phenoxy) is 2. The van der Waals surface area contributed by atoms with Crippen LogP contribution < -0.4 is 9.47 Å². The number of amides is 1. The van der Waals surface area contributed by atoms with Gasteiger partial charge in [-0.2, -0.15) is 0 Å². The summed E-state index contributed by atoms with van der Waals surface area (Å²) in [4.78, 5) is 29.2. The first-order valence-corrected chi connectivity index (χ1v) is 10.4. The molecule has 30 heavy (non-hydrogen) atoms. The molecule has 160 valence electrons. The van der Waals surface area contributed by atoms with Crippen LogP contribution in [0.1, 0.15) is 34.6 Å². The molecule has 1 fully saturated rings. The van der Waals surface area contributed by atoms with Gasteiger partial charge in [0.2, 0.25) is 5.91 Å². The Kier molecular flexibility index (Phi) is 5.56. The predicted molar refractivity (Wildman–Crippen MR) is 114 cm³/mol. The molecule has 2 aromatic rings. The highest BCUT2D eigenvalue weighted by Crippen LogP contribution is 2.33. The fourth-order valence-electron chi connectivity index (χ4n) is 4.48. The molecular weight excluding hydrogens is 382 g/mol. The molecule has 3 heterocycles. The quantitative estimate of drug-likeness (QED) is 0.708. The van der Waals surface area contributed by atoms with Crippen molar-refractivity contribution in [1.29, 1.82) is 0 Å². The van der Waals surface area contributed by atoms with Crippen molar-refractivity contribution in [1.82, 2.24) is 14.4 Å². The molecule has 1 saturated heterocycles. The summed E-state index contributed by atoms with van der Waals surface area (Å²) in [7, 11) is 3.53. The van der Waals surface area contributed by atoms with E-state index in [1.165, 1.54) is 0 Å². The van der Waals surface area contributed by atoms with Gasteiger partial charge in [-0.1, -0.05) is 0 Å². The first-order valence-electron chi connectivity index (χ1n) is 10.4. The highest BCUT2D eigenvalue weighted by Gasteiger charge is 2.33. The lowest BCUT2D eigenvalue weighted by Gasteiger charge is -2.25. The Morgan fingerprint density at radius 1 is 1.10 bits per heavy atom. The average molecular weight is 412 g/mol. The second-order valence-corrected chi connectivity index (χ2v) is 8.23. The molecule has 2 aliphatic heterocycles. The molecule has 7 nitrogen and oxygen atoms in total. The summed E-state index contributed by atoms with van der Waals surface area (Å²) in [5, 5.41) is 0. The molecule has 4 rings (SSSR count). The van der Waals surface area contributed by atoms with Crippen LogP contribution >= 0.6 is 0 Å². The van der Waals surface area contributed by atoms with Gasteiger partial charge in [0.1, 0.15) is 13.2 Å². The van der Waals surface area contributed by atoms with Crippen molar-refractivity contribution in [3.63, 3.8) is 0 Å². The summed E-state index contributed by atoms with van der Waals surface area (Å²) in [6.07, 6.45) is 1.74. The van der Waals surface area contributed by atoms with Crippen molar-refractivity contribution >= 4 is 11.7 Å². The van der Waals surface area contributed by atoms with Gasteiger partial charge in [0, 0.05) is 42.8 Å². The zero-order chi connectivity index (χ0) is 21.4. The maximum atomic E-state index is 13.2. The molecule has 1 atom stereocenters. The standard InChI is InChI=1S/C23H29N3O4/c1-15-12-18(20(27)14-25-9-5-6-19(25)23(28)24(3)4)16(2)26(15)17-7-8-21-22(13-17)30-11-10-29-21/h7-8,12-13,19H,5-6,9-11,14H2,1-4H3. The predicted octanol–water partition coefficient (Wildman–Crippen LogP) is 2.60. The molecule has 7 heteroatoms. The Morgan fingerprint density at radius 3 is 2.57 bits per heavy atom. The van der Waals surface area contributed by atoms with Crippen molar-refractivity contribution in [3.05, 3.63) is 41.2 Å². The van der Waals surface area contributed by atoms with Crippen molar-refractivity contribution in [2.24, 2.45) is 0 Å². The van der Waals surface area contributed by atoms with Gasteiger partial charge in [-0.15, -0.1) is 0 Å². The summed E-state index contributed by atoms with van der Waals surface area (Å²) in [5.41, 5.74) is 3.51. The number of aryl methyl sites for hydroxylation is 1. The molecule has 0 bridgehead atoms. The molecule has 0 saturated carbocycles. The topological polar surface area (TPSA) is 64.0 Å². The Bertz CT molecular complexity index is 979. The number of carbonyl (C=O) groups excluding carboxylic acids is 2. The van der Waals surface area contributed by atoms with Gasteiger partial charge < -0.3 is 18.9 Å². The van der Waals surface area contributed by atoms with E-state index in [0.717, 1.165) is 48.0 Å². The van der Waals surface area contributed by atoms with Gasteiger partial charge in [-0.05, 0) is 51.4 Å². The first kappa shape index (κ1) is 20.5. The molecule has 1 aromatic carbocycles. The van der Waals surface area contributed by atoms with E-state index >= 15 is 0 Å². The number of carbonyl (C=O) groups is 2. The molecule has 0 spiro atoms. The number of hydrogen-bond acceptors (Lipinski definition) is 5. The molecule has 1 aromatic heterocycles. The summed E-state index contributed by atoms with van der Waals surface area (Å²) in [6, 6.07) is 7.58. The second kappa shape index (κ2) is 8.14. The average Bonchev–Trinajstić information content (AvgIpc) is 3.30. The van der Waals surface area contributed by atoms with Crippen molar-refractivity contribution < 1.29 is 19.1 Å². The summed E-state index contributed by atoms with van der Waals surface area (Å²) in [5.74, 6) is 1.59. The van der Waals surface area contributed by atoms with E-state index in [-0.39, 0.29) is 24.3 Å². The van der Waals surface area contributed by atoms with Crippen LogP contribution in [0.4, 0.5) is 0 Å². The van der Waals surface area contributed by atoms with Crippen LogP contribution in [-0.2, 0) is 4.79 Å². The largest absolute Gasteiger partial charge is 0.486 e. The maximum Gasteiger partial charge on any atom is 0.239 e.